The first-order chi connectivity index (χ1) is 7.31. The van der Waals surface area contributed by atoms with Crippen molar-refractivity contribution in [3.05, 3.63) is 22.4 Å². The standard InChI is InChI=1S/C11H15NO2S/c1-14-11(13)10(8-4-5-8)12-7-9-3-2-6-15-9/h2-3,6,8,10,12H,4-5,7H2,1H3. The van der Waals surface area contributed by atoms with Crippen molar-refractivity contribution in [1.82, 2.24) is 5.32 Å². The first-order valence-corrected chi connectivity index (χ1v) is 6.03. The smallest absolute Gasteiger partial charge is 0.323 e. The van der Waals surface area contributed by atoms with Gasteiger partial charge in [0.05, 0.1) is 7.11 Å². The molecule has 1 saturated carbocycles. The fourth-order valence-electron chi connectivity index (χ4n) is 1.62. The fraction of sp³-hybridized carbons (Fsp3) is 0.545. The van der Waals surface area contributed by atoms with Crippen LogP contribution in [0.4, 0.5) is 0 Å². The van der Waals surface area contributed by atoms with Gasteiger partial charge < -0.3 is 4.74 Å². The molecule has 0 spiro atoms. The van der Waals surface area contributed by atoms with Crippen LogP contribution in [0.3, 0.4) is 0 Å². The number of carbonyl (C=O) groups excluding carboxylic acids is 1. The molecule has 2 rings (SSSR count). The van der Waals surface area contributed by atoms with Gasteiger partial charge in [0.25, 0.3) is 0 Å². The summed E-state index contributed by atoms with van der Waals surface area (Å²) in [4.78, 5) is 12.7. The van der Waals surface area contributed by atoms with E-state index in [1.165, 1.54) is 12.0 Å². The van der Waals surface area contributed by atoms with Crippen molar-refractivity contribution in [1.29, 1.82) is 0 Å². The average molecular weight is 225 g/mol. The summed E-state index contributed by atoms with van der Waals surface area (Å²) in [5.74, 6) is 0.353. The third kappa shape index (κ3) is 2.79. The molecular formula is C11H15NO2S. The van der Waals surface area contributed by atoms with Crippen molar-refractivity contribution in [3.63, 3.8) is 0 Å². The number of nitrogens with one attached hydrogen (secondary N) is 1. The molecule has 0 radical (unpaired) electrons. The molecule has 1 fully saturated rings. The molecule has 1 atom stereocenters. The zero-order chi connectivity index (χ0) is 10.7. The second-order valence-electron chi connectivity index (χ2n) is 3.80. The van der Waals surface area contributed by atoms with Crippen molar-refractivity contribution >= 4 is 17.3 Å². The molecule has 1 aromatic heterocycles. The zero-order valence-corrected chi connectivity index (χ0v) is 9.55. The molecule has 15 heavy (non-hydrogen) atoms. The highest BCUT2D eigenvalue weighted by atomic mass is 32.1. The molecule has 0 saturated heterocycles. The lowest BCUT2D eigenvalue weighted by Gasteiger charge is -2.14. The largest absolute Gasteiger partial charge is 0.468 e. The normalized spacial score (nSPS) is 17.4. The molecular weight excluding hydrogens is 210 g/mol. The number of rotatable bonds is 5. The summed E-state index contributed by atoms with van der Waals surface area (Å²) in [5.41, 5.74) is 0. The average Bonchev–Trinajstić information content (AvgIpc) is 2.95. The Morgan fingerprint density at radius 3 is 3.07 bits per heavy atom. The SMILES string of the molecule is COC(=O)C(NCc1cccs1)C1CC1. The Bertz CT molecular complexity index is 319. The number of carbonyl (C=O) groups is 1. The van der Waals surface area contributed by atoms with Crippen LogP contribution in [-0.4, -0.2) is 19.1 Å². The maximum Gasteiger partial charge on any atom is 0.323 e. The molecule has 1 aromatic rings. The third-order valence-electron chi connectivity index (χ3n) is 2.62. The first-order valence-electron chi connectivity index (χ1n) is 5.15. The second-order valence-corrected chi connectivity index (χ2v) is 4.83. The number of esters is 1. The van der Waals surface area contributed by atoms with Crippen molar-refractivity contribution < 1.29 is 9.53 Å². The van der Waals surface area contributed by atoms with Gasteiger partial charge in [-0.2, -0.15) is 0 Å². The van der Waals surface area contributed by atoms with Crippen LogP contribution in [0, 0.1) is 5.92 Å². The Labute approximate surface area is 93.4 Å². The van der Waals surface area contributed by atoms with Gasteiger partial charge in [0.15, 0.2) is 0 Å². The highest BCUT2D eigenvalue weighted by Gasteiger charge is 2.36. The maximum absolute atomic E-state index is 11.5. The maximum atomic E-state index is 11.5. The number of thiophene rings is 1. The molecule has 0 amide bonds. The lowest BCUT2D eigenvalue weighted by atomic mass is 10.2. The van der Waals surface area contributed by atoms with Gasteiger partial charge in [-0.05, 0) is 30.2 Å². The van der Waals surface area contributed by atoms with Crippen molar-refractivity contribution in [2.75, 3.05) is 7.11 Å². The summed E-state index contributed by atoms with van der Waals surface area (Å²) in [7, 11) is 1.45. The third-order valence-corrected chi connectivity index (χ3v) is 3.50. The van der Waals surface area contributed by atoms with Crippen LogP contribution in [-0.2, 0) is 16.1 Å². The van der Waals surface area contributed by atoms with E-state index in [1.54, 1.807) is 11.3 Å². The fourth-order valence-corrected chi connectivity index (χ4v) is 2.28. The summed E-state index contributed by atoms with van der Waals surface area (Å²) < 4.78 is 4.79. The predicted octanol–water partition coefficient (Wildman–Crippen LogP) is 1.79. The van der Waals surface area contributed by atoms with Gasteiger partial charge in [0.1, 0.15) is 6.04 Å². The molecule has 82 valence electrons. The van der Waals surface area contributed by atoms with Crippen LogP contribution in [0.2, 0.25) is 0 Å². The molecule has 1 N–H and O–H groups in total. The van der Waals surface area contributed by atoms with Gasteiger partial charge in [-0.15, -0.1) is 11.3 Å². The van der Waals surface area contributed by atoms with Crippen LogP contribution < -0.4 is 5.32 Å². The van der Waals surface area contributed by atoms with E-state index in [2.05, 4.69) is 11.4 Å². The van der Waals surface area contributed by atoms with Crippen molar-refractivity contribution in [3.8, 4) is 0 Å². The Morgan fingerprint density at radius 1 is 1.73 bits per heavy atom. The lowest BCUT2D eigenvalue weighted by Crippen LogP contribution is -2.38. The van der Waals surface area contributed by atoms with E-state index in [0.29, 0.717) is 5.92 Å². The molecule has 3 nitrogen and oxygen atoms in total. The summed E-state index contributed by atoms with van der Waals surface area (Å²) in [6.45, 7) is 0.758. The molecule has 4 heteroatoms. The van der Waals surface area contributed by atoms with Crippen molar-refractivity contribution in [2.24, 2.45) is 5.92 Å². The monoisotopic (exact) mass is 225 g/mol. The van der Waals surface area contributed by atoms with Crippen LogP contribution in [0.15, 0.2) is 17.5 Å². The van der Waals surface area contributed by atoms with Crippen molar-refractivity contribution in [2.45, 2.75) is 25.4 Å². The van der Waals surface area contributed by atoms with E-state index in [4.69, 9.17) is 4.74 Å². The summed E-state index contributed by atoms with van der Waals surface area (Å²) >= 11 is 1.70. The lowest BCUT2D eigenvalue weighted by molar-refractivity contribution is -0.143. The molecule has 1 heterocycles. The van der Waals surface area contributed by atoms with E-state index in [0.717, 1.165) is 19.4 Å². The minimum absolute atomic E-state index is 0.114. The molecule has 1 aliphatic carbocycles. The molecule has 1 unspecified atom stereocenters. The van der Waals surface area contributed by atoms with Gasteiger partial charge in [0.2, 0.25) is 0 Å². The number of methoxy groups -OCH3 is 1. The van der Waals surface area contributed by atoms with E-state index in [1.807, 2.05) is 11.4 Å². The summed E-state index contributed by atoms with van der Waals surface area (Å²) in [6, 6.07) is 3.97. The van der Waals surface area contributed by atoms with Gasteiger partial charge in [0, 0.05) is 11.4 Å². The van der Waals surface area contributed by atoms with Crippen LogP contribution in [0.25, 0.3) is 0 Å². The minimum atomic E-state index is -0.131. The van der Waals surface area contributed by atoms with E-state index >= 15 is 0 Å². The number of ether oxygens (including phenoxy) is 1. The van der Waals surface area contributed by atoms with Crippen LogP contribution in [0.5, 0.6) is 0 Å². The number of hydrogen-bond donors (Lipinski definition) is 1. The van der Waals surface area contributed by atoms with Gasteiger partial charge in [-0.1, -0.05) is 6.07 Å². The zero-order valence-electron chi connectivity index (χ0n) is 8.73. The Hall–Kier alpha value is -0.870. The molecule has 1 aliphatic rings. The first kappa shape index (κ1) is 10.6. The van der Waals surface area contributed by atoms with Gasteiger partial charge >= 0.3 is 5.97 Å². The number of hydrogen-bond acceptors (Lipinski definition) is 4. The molecule has 0 aromatic carbocycles. The summed E-state index contributed by atoms with van der Waals surface area (Å²) in [5, 5.41) is 5.31. The van der Waals surface area contributed by atoms with E-state index in [9.17, 15) is 4.79 Å². The molecule has 0 bridgehead atoms. The Morgan fingerprint density at radius 2 is 2.53 bits per heavy atom. The molecule has 0 aliphatic heterocycles. The highest BCUT2D eigenvalue weighted by molar-refractivity contribution is 7.09. The topological polar surface area (TPSA) is 38.3 Å². The Balaban J connectivity index is 1.87. The van der Waals surface area contributed by atoms with Gasteiger partial charge in [-0.3, -0.25) is 10.1 Å². The van der Waals surface area contributed by atoms with E-state index in [-0.39, 0.29) is 12.0 Å². The van der Waals surface area contributed by atoms with Crippen LogP contribution >= 0.6 is 11.3 Å². The van der Waals surface area contributed by atoms with Gasteiger partial charge in [-0.25, -0.2) is 0 Å². The highest BCUT2D eigenvalue weighted by Crippen LogP contribution is 2.33. The summed E-state index contributed by atoms with van der Waals surface area (Å²) in [6.07, 6.45) is 2.27. The second kappa shape index (κ2) is 4.77. The van der Waals surface area contributed by atoms with E-state index < -0.39 is 0 Å². The quantitative estimate of drug-likeness (QED) is 0.776. The minimum Gasteiger partial charge on any atom is -0.468 e. The predicted molar refractivity (Wildman–Crippen MR) is 59.7 cm³/mol. The Kier molecular flexibility index (Phi) is 3.38. The van der Waals surface area contributed by atoms with Crippen LogP contribution in [0.1, 0.15) is 17.7 Å².